The van der Waals surface area contributed by atoms with E-state index in [0.29, 0.717) is 0 Å². The van der Waals surface area contributed by atoms with Crippen molar-refractivity contribution >= 4 is 46.4 Å². The predicted molar refractivity (Wildman–Crippen MR) is 125 cm³/mol. The second-order valence-corrected chi connectivity index (χ2v) is 7.63. The van der Waals surface area contributed by atoms with Crippen LogP contribution >= 0.6 is 23.2 Å². The molecule has 0 bridgehead atoms. The Hall–Kier alpha value is -3.56. The Morgan fingerprint density at radius 2 is 1.18 bits per heavy atom. The topological polar surface area (TPSA) is 85.9 Å². The van der Waals surface area contributed by atoms with Crippen molar-refractivity contribution in [2.75, 3.05) is 32.0 Å². The maximum atomic E-state index is 14.4. The molecule has 0 heterocycles. The maximum Gasteiger partial charge on any atom is 0.259 e. The molecule has 34 heavy (non-hydrogen) atoms. The van der Waals surface area contributed by atoms with Crippen LogP contribution in [-0.2, 0) is 0 Å². The van der Waals surface area contributed by atoms with Gasteiger partial charge in [-0.2, -0.15) is 0 Å². The van der Waals surface area contributed by atoms with Crippen LogP contribution in [0.15, 0.2) is 42.5 Å². The van der Waals surface area contributed by atoms with Gasteiger partial charge in [-0.1, -0.05) is 23.2 Å². The highest BCUT2D eigenvalue weighted by atomic mass is 35.5. The summed E-state index contributed by atoms with van der Waals surface area (Å²) in [5.74, 6) is -3.05. The first-order valence-corrected chi connectivity index (χ1v) is 10.3. The third kappa shape index (κ3) is 5.32. The van der Waals surface area contributed by atoms with Crippen LogP contribution in [0.4, 0.5) is 20.2 Å². The molecular weight excluding hydrogens is 493 g/mol. The standard InChI is InChI=1S/C23H18Cl2F2N2O5/c1-32-17-5-4-11(22(30)28-20-15(26)7-12(24)9-18(20)33-2)6-14(17)23(31)29-21-16(27)8-13(25)10-19(21)34-3/h4-10H,1-3H3,(H,28,30)(H,29,31). The maximum absolute atomic E-state index is 14.4. The molecule has 0 radical (unpaired) electrons. The summed E-state index contributed by atoms with van der Waals surface area (Å²) in [6.45, 7) is 0. The minimum Gasteiger partial charge on any atom is -0.496 e. The molecular formula is C23H18Cl2F2N2O5. The van der Waals surface area contributed by atoms with Crippen LogP contribution in [0.3, 0.4) is 0 Å². The molecule has 7 nitrogen and oxygen atoms in total. The Labute approximate surface area is 203 Å². The van der Waals surface area contributed by atoms with Gasteiger partial charge in [-0.3, -0.25) is 9.59 Å². The largest absolute Gasteiger partial charge is 0.496 e. The van der Waals surface area contributed by atoms with Crippen LogP contribution in [0, 0.1) is 11.6 Å². The molecule has 2 N–H and O–H groups in total. The summed E-state index contributed by atoms with van der Waals surface area (Å²) in [5.41, 5.74) is -0.575. The zero-order chi connectivity index (χ0) is 25.0. The summed E-state index contributed by atoms with van der Waals surface area (Å²) in [6, 6.07) is 8.64. The molecule has 0 aromatic heterocycles. The number of anilines is 2. The Morgan fingerprint density at radius 1 is 0.706 bits per heavy atom. The van der Waals surface area contributed by atoms with Gasteiger partial charge >= 0.3 is 0 Å². The van der Waals surface area contributed by atoms with Crippen LogP contribution in [0.5, 0.6) is 17.2 Å². The number of nitrogens with one attached hydrogen (secondary N) is 2. The van der Waals surface area contributed by atoms with Gasteiger partial charge in [0, 0.05) is 27.7 Å². The van der Waals surface area contributed by atoms with Gasteiger partial charge in [0.25, 0.3) is 11.8 Å². The van der Waals surface area contributed by atoms with E-state index in [-0.39, 0.29) is 49.8 Å². The van der Waals surface area contributed by atoms with Gasteiger partial charge in [-0.25, -0.2) is 8.78 Å². The molecule has 3 aromatic carbocycles. The lowest BCUT2D eigenvalue weighted by molar-refractivity contribution is 0.102. The van der Waals surface area contributed by atoms with Crippen molar-refractivity contribution in [3.05, 3.63) is 75.3 Å². The fraction of sp³-hybridized carbons (Fsp3) is 0.130. The molecule has 0 aliphatic carbocycles. The first-order valence-electron chi connectivity index (χ1n) is 9.55. The first kappa shape index (κ1) is 25.1. The van der Waals surface area contributed by atoms with Crippen molar-refractivity contribution in [3.8, 4) is 17.2 Å². The van der Waals surface area contributed by atoms with Crippen LogP contribution in [0.25, 0.3) is 0 Å². The molecule has 178 valence electrons. The SMILES string of the molecule is COc1ccc(C(=O)Nc2c(F)cc(Cl)cc2OC)cc1C(=O)Nc1c(F)cc(Cl)cc1OC. The van der Waals surface area contributed by atoms with E-state index in [4.69, 9.17) is 37.4 Å². The van der Waals surface area contributed by atoms with Gasteiger partial charge in [0.1, 0.15) is 28.6 Å². The van der Waals surface area contributed by atoms with Crippen LogP contribution in [0.1, 0.15) is 20.7 Å². The quantitative estimate of drug-likeness (QED) is 0.419. The van der Waals surface area contributed by atoms with Crippen molar-refractivity contribution < 1.29 is 32.6 Å². The first-order chi connectivity index (χ1) is 16.2. The molecule has 2 amide bonds. The number of carbonyl (C=O) groups excluding carboxylic acids is 2. The number of methoxy groups -OCH3 is 3. The summed E-state index contributed by atoms with van der Waals surface area (Å²) in [6.07, 6.45) is 0. The molecule has 0 atom stereocenters. The molecule has 11 heteroatoms. The highest BCUT2D eigenvalue weighted by molar-refractivity contribution is 6.31. The van der Waals surface area contributed by atoms with E-state index >= 15 is 0 Å². The van der Waals surface area contributed by atoms with E-state index in [2.05, 4.69) is 10.6 Å². The summed E-state index contributed by atoms with van der Waals surface area (Å²) >= 11 is 11.6. The number of benzene rings is 3. The third-order valence-corrected chi connectivity index (χ3v) is 5.10. The smallest absolute Gasteiger partial charge is 0.259 e. The average molecular weight is 511 g/mol. The lowest BCUT2D eigenvalue weighted by atomic mass is 10.1. The fourth-order valence-corrected chi connectivity index (χ4v) is 3.45. The molecule has 0 saturated heterocycles. The number of hydrogen-bond acceptors (Lipinski definition) is 5. The van der Waals surface area contributed by atoms with E-state index in [1.165, 1.54) is 51.7 Å². The number of hydrogen-bond donors (Lipinski definition) is 2. The van der Waals surface area contributed by atoms with Crippen LogP contribution in [-0.4, -0.2) is 33.1 Å². The molecule has 0 aliphatic heterocycles. The third-order valence-electron chi connectivity index (χ3n) is 4.66. The second-order valence-electron chi connectivity index (χ2n) is 6.75. The molecule has 0 unspecified atom stereocenters. The van der Waals surface area contributed by atoms with E-state index in [0.717, 1.165) is 12.1 Å². The van der Waals surface area contributed by atoms with Gasteiger partial charge in [0.05, 0.1) is 26.9 Å². The Balaban J connectivity index is 1.94. The van der Waals surface area contributed by atoms with Crippen molar-refractivity contribution in [1.82, 2.24) is 0 Å². The van der Waals surface area contributed by atoms with Gasteiger partial charge in [0.15, 0.2) is 11.6 Å². The van der Waals surface area contributed by atoms with E-state index in [9.17, 15) is 18.4 Å². The zero-order valence-electron chi connectivity index (χ0n) is 18.1. The van der Waals surface area contributed by atoms with Gasteiger partial charge < -0.3 is 24.8 Å². The van der Waals surface area contributed by atoms with E-state index < -0.39 is 23.4 Å². The minimum absolute atomic E-state index is 0.00322. The van der Waals surface area contributed by atoms with Gasteiger partial charge in [0.2, 0.25) is 0 Å². The molecule has 0 aliphatic rings. The van der Waals surface area contributed by atoms with Crippen LogP contribution < -0.4 is 24.8 Å². The highest BCUT2D eigenvalue weighted by Gasteiger charge is 2.21. The van der Waals surface area contributed by atoms with E-state index in [1.54, 1.807) is 0 Å². The molecule has 0 fully saturated rings. The lowest BCUT2D eigenvalue weighted by Gasteiger charge is -2.15. The highest BCUT2D eigenvalue weighted by Crippen LogP contribution is 2.34. The number of amides is 2. The Morgan fingerprint density at radius 3 is 1.65 bits per heavy atom. The summed E-state index contributed by atoms with van der Waals surface area (Å²) in [5, 5.41) is 4.95. The Kier molecular flexibility index (Phi) is 7.80. The second kappa shape index (κ2) is 10.6. The predicted octanol–water partition coefficient (Wildman–Crippen LogP) is 5.80. The number of ether oxygens (including phenoxy) is 3. The van der Waals surface area contributed by atoms with Crippen molar-refractivity contribution in [2.45, 2.75) is 0 Å². The average Bonchev–Trinajstić information content (AvgIpc) is 2.81. The monoisotopic (exact) mass is 510 g/mol. The molecule has 3 rings (SSSR count). The zero-order valence-corrected chi connectivity index (χ0v) is 19.6. The summed E-state index contributed by atoms with van der Waals surface area (Å²) < 4.78 is 44.1. The van der Waals surface area contributed by atoms with Crippen molar-refractivity contribution in [2.24, 2.45) is 0 Å². The van der Waals surface area contributed by atoms with Gasteiger partial charge in [-0.15, -0.1) is 0 Å². The lowest BCUT2D eigenvalue weighted by Crippen LogP contribution is -2.18. The molecule has 0 saturated carbocycles. The summed E-state index contributed by atoms with van der Waals surface area (Å²) in [4.78, 5) is 25.8. The normalized spacial score (nSPS) is 10.4. The molecule has 3 aromatic rings. The fourth-order valence-electron chi connectivity index (χ4n) is 3.06. The summed E-state index contributed by atoms with van der Waals surface area (Å²) in [7, 11) is 3.90. The van der Waals surface area contributed by atoms with Gasteiger partial charge in [-0.05, 0) is 30.3 Å². The van der Waals surface area contributed by atoms with E-state index in [1.807, 2.05) is 0 Å². The molecule has 0 spiro atoms. The minimum atomic E-state index is -0.823. The van der Waals surface area contributed by atoms with Crippen molar-refractivity contribution in [3.63, 3.8) is 0 Å². The van der Waals surface area contributed by atoms with Crippen molar-refractivity contribution in [1.29, 1.82) is 0 Å². The number of carbonyl (C=O) groups is 2. The number of halogens is 4. The Bertz CT molecular complexity index is 1270. The van der Waals surface area contributed by atoms with Crippen LogP contribution in [0.2, 0.25) is 10.0 Å². The number of rotatable bonds is 7.